The van der Waals surface area contributed by atoms with Crippen LogP contribution in [-0.4, -0.2) is 42.8 Å². The fourth-order valence-corrected chi connectivity index (χ4v) is 5.10. The van der Waals surface area contributed by atoms with Crippen molar-refractivity contribution in [1.29, 1.82) is 0 Å². The number of benzene rings is 3. The molecule has 3 rings (SSSR count). The summed E-state index contributed by atoms with van der Waals surface area (Å²) < 4.78 is 39.2. The van der Waals surface area contributed by atoms with Gasteiger partial charge in [0.25, 0.3) is 5.91 Å². The summed E-state index contributed by atoms with van der Waals surface area (Å²) in [6.07, 6.45) is -0.758. The van der Waals surface area contributed by atoms with Gasteiger partial charge in [0, 0.05) is 10.2 Å². The Balaban J connectivity index is 2.00. The molecule has 0 radical (unpaired) electrons. The van der Waals surface area contributed by atoms with Crippen molar-refractivity contribution >= 4 is 45.2 Å². The molecule has 0 fully saturated rings. The van der Waals surface area contributed by atoms with Crippen LogP contribution in [0.4, 0.5) is 25.0 Å². The zero-order valence-corrected chi connectivity index (χ0v) is 26.0. The lowest BCUT2D eigenvalue weighted by atomic mass is 10.0. The SMILES string of the molecule is COC(=O)[C@@H](NC(=O)c1ccc(-c2ccc(F)c(F)c2)cc1NC(=O)Nc1c(C)cc(Br)cc1C)[C@@H](C)OC(C)(C)C. The lowest BCUT2D eigenvalue weighted by Gasteiger charge is -2.30. The van der Waals surface area contributed by atoms with Gasteiger partial charge in [-0.05, 0) is 100 Å². The van der Waals surface area contributed by atoms with Gasteiger partial charge in [-0.2, -0.15) is 0 Å². The van der Waals surface area contributed by atoms with Crippen LogP contribution in [0.5, 0.6) is 0 Å². The van der Waals surface area contributed by atoms with Crippen molar-refractivity contribution in [2.24, 2.45) is 0 Å². The Morgan fingerprint density at radius 3 is 2.05 bits per heavy atom. The van der Waals surface area contributed by atoms with Crippen molar-refractivity contribution in [3.05, 3.63) is 81.3 Å². The number of esters is 1. The van der Waals surface area contributed by atoms with E-state index < -0.39 is 47.3 Å². The van der Waals surface area contributed by atoms with Gasteiger partial charge in [0.05, 0.1) is 30.1 Å². The zero-order valence-electron chi connectivity index (χ0n) is 24.4. The van der Waals surface area contributed by atoms with Crippen LogP contribution in [0.3, 0.4) is 0 Å². The van der Waals surface area contributed by atoms with Crippen molar-refractivity contribution in [2.75, 3.05) is 17.7 Å². The number of halogens is 3. The van der Waals surface area contributed by atoms with Gasteiger partial charge in [-0.25, -0.2) is 18.4 Å². The summed E-state index contributed by atoms with van der Waals surface area (Å²) in [5.74, 6) is -3.46. The van der Waals surface area contributed by atoms with E-state index in [4.69, 9.17) is 9.47 Å². The van der Waals surface area contributed by atoms with Crippen LogP contribution in [-0.2, 0) is 14.3 Å². The first kappa shape index (κ1) is 32.7. The Morgan fingerprint density at radius 2 is 1.48 bits per heavy atom. The maximum absolute atomic E-state index is 14.0. The van der Waals surface area contributed by atoms with E-state index in [1.807, 2.05) is 46.8 Å². The average Bonchev–Trinajstić information content (AvgIpc) is 2.89. The van der Waals surface area contributed by atoms with E-state index in [0.717, 1.165) is 27.7 Å². The van der Waals surface area contributed by atoms with Crippen molar-refractivity contribution in [2.45, 2.75) is 59.3 Å². The molecule has 3 amide bonds. The molecule has 0 spiro atoms. The Morgan fingerprint density at radius 1 is 0.881 bits per heavy atom. The van der Waals surface area contributed by atoms with E-state index >= 15 is 0 Å². The topological polar surface area (TPSA) is 106 Å². The summed E-state index contributed by atoms with van der Waals surface area (Å²) in [6, 6.07) is 9.67. The quantitative estimate of drug-likeness (QED) is 0.226. The van der Waals surface area contributed by atoms with E-state index in [1.54, 1.807) is 6.92 Å². The van der Waals surface area contributed by atoms with Gasteiger partial charge < -0.3 is 25.4 Å². The Hall–Kier alpha value is -3.83. The number of ether oxygens (including phenoxy) is 2. The molecule has 0 aliphatic rings. The monoisotopic (exact) mass is 645 g/mol. The molecule has 0 unspecified atom stereocenters. The third-order valence-corrected chi connectivity index (χ3v) is 6.71. The van der Waals surface area contributed by atoms with Crippen LogP contribution in [0.1, 0.15) is 49.2 Å². The first-order chi connectivity index (χ1) is 19.6. The predicted molar refractivity (Wildman–Crippen MR) is 162 cm³/mol. The molecule has 0 bridgehead atoms. The molecule has 3 N–H and O–H groups in total. The van der Waals surface area contributed by atoms with E-state index in [2.05, 4.69) is 31.9 Å². The second-order valence-corrected chi connectivity index (χ2v) is 11.7. The Labute approximate surface area is 252 Å². The van der Waals surface area contributed by atoms with Crippen molar-refractivity contribution in [1.82, 2.24) is 5.32 Å². The molecule has 0 aliphatic carbocycles. The highest BCUT2D eigenvalue weighted by molar-refractivity contribution is 9.10. The van der Waals surface area contributed by atoms with Gasteiger partial charge in [0.15, 0.2) is 17.7 Å². The third-order valence-electron chi connectivity index (χ3n) is 6.25. The number of urea groups is 1. The first-order valence-corrected chi connectivity index (χ1v) is 13.9. The van der Waals surface area contributed by atoms with Gasteiger partial charge >= 0.3 is 12.0 Å². The lowest BCUT2D eigenvalue weighted by molar-refractivity contribution is -0.150. The van der Waals surface area contributed by atoms with Gasteiger partial charge in [-0.15, -0.1) is 0 Å². The molecule has 0 aliphatic heterocycles. The highest BCUT2D eigenvalue weighted by atomic mass is 79.9. The number of amides is 3. The predicted octanol–water partition coefficient (Wildman–Crippen LogP) is 7.13. The smallest absolute Gasteiger partial charge is 0.331 e. The molecular weight excluding hydrogens is 612 g/mol. The largest absolute Gasteiger partial charge is 0.467 e. The van der Waals surface area contributed by atoms with Gasteiger partial charge in [0.1, 0.15) is 0 Å². The van der Waals surface area contributed by atoms with Crippen LogP contribution >= 0.6 is 15.9 Å². The van der Waals surface area contributed by atoms with Crippen LogP contribution in [0.2, 0.25) is 0 Å². The standard InChI is InChI=1S/C31H34BrF2N3O5/c1-16-12-21(32)13-17(2)26(16)37-30(40)35-25-15-20(19-9-11-23(33)24(34)14-19)8-10-22(25)28(38)36-27(29(39)41-7)18(3)42-31(4,5)6/h8-15,18,27H,1-7H3,(H,36,38)(H2,35,37,40)/t18-,27+/m1/s1. The highest BCUT2D eigenvalue weighted by Gasteiger charge is 2.32. The molecule has 0 heterocycles. The summed E-state index contributed by atoms with van der Waals surface area (Å²) in [5, 5.41) is 8.14. The number of hydrogen-bond donors (Lipinski definition) is 3. The lowest BCUT2D eigenvalue weighted by Crippen LogP contribution is -2.51. The fraction of sp³-hybridized carbons (Fsp3) is 0.323. The third kappa shape index (κ3) is 8.36. The minimum atomic E-state index is -1.16. The summed E-state index contributed by atoms with van der Waals surface area (Å²) in [4.78, 5) is 39.3. The molecule has 11 heteroatoms. The Kier molecular flexibility index (Phi) is 10.5. The van der Waals surface area contributed by atoms with Crippen molar-refractivity contribution in [3.63, 3.8) is 0 Å². The highest BCUT2D eigenvalue weighted by Crippen LogP contribution is 2.29. The van der Waals surface area contributed by atoms with E-state index in [1.165, 1.54) is 31.4 Å². The molecule has 0 aromatic heterocycles. The zero-order chi connectivity index (χ0) is 31.4. The molecule has 42 heavy (non-hydrogen) atoms. The molecule has 0 saturated carbocycles. The van der Waals surface area contributed by atoms with Gasteiger partial charge in [0.2, 0.25) is 0 Å². The van der Waals surface area contributed by atoms with E-state index in [9.17, 15) is 23.2 Å². The van der Waals surface area contributed by atoms with Crippen LogP contribution in [0, 0.1) is 25.5 Å². The maximum Gasteiger partial charge on any atom is 0.331 e. The van der Waals surface area contributed by atoms with Gasteiger partial charge in [-0.3, -0.25) is 4.79 Å². The normalized spacial score (nSPS) is 12.7. The van der Waals surface area contributed by atoms with Crippen LogP contribution in [0.15, 0.2) is 53.0 Å². The van der Waals surface area contributed by atoms with Crippen molar-refractivity contribution in [3.8, 4) is 11.1 Å². The number of methoxy groups -OCH3 is 1. The van der Waals surface area contributed by atoms with E-state index in [0.29, 0.717) is 16.8 Å². The van der Waals surface area contributed by atoms with Crippen molar-refractivity contribution < 1.29 is 32.6 Å². The molecular formula is C31H34BrF2N3O5. The summed E-state index contributed by atoms with van der Waals surface area (Å²) >= 11 is 3.43. The molecule has 3 aromatic carbocycles. The fourth-order valence-electron chi connectivity index (χ4n) is 4.42. The minimum Gasteiger partial charge on any atom is -0.467 e. The first-order valence-electron chi connectivity index (χ1n) is 13.1. The van der Waals surface area contributed by atoms with E-state index in [-0.39, 0.29) is 11.3 Å². The molecule has 3 aromatic rings. The Bertz CT molecular complexity index is 1480. The second kappa shape index (κ2) is 13.4. The maximum atomic E-state index is 14.0. The van der Waals surface area contributed by atoms with Crippen LogP contribution < -0.4 is 16.0 Å². The molecule has 224 valence electrons. The van der Waals surface area contributed by atoms with Gasteiger partial charge in [-0.1, -0.05) is 28.1 Å². The second-order valence-electron chi connectivity index (χ2n) is 10.8. The molecule has 2 atom stereocenters. The number of rotatable bonds is 8. The minimum absolute atomic E-state index is 0.0117. The summed E-state index contributed by atoms with van der Waals surface area (Å²) in [5.41, 5.74) is 2.38. The average molecular weight is 647 g/mol. The molecule has 0 saturated heterocycles. The number of carbonyl (C=O) groups excluding carboxylic acids is 3. The summed E-state index contributed by atoms with van der Waals surface area (Å²) in [6.45, 7) is 10.7. The number of hydrogen-bond acceptors (Lipinski definition) is 5. The number of nitrogens with one attached hydrogen (secondary N) is 3. The number of anilines is 2. The summed E-state index contributed by atoms with van der Waals surface area (Å²) in [7, 11) is 1.20. The number of carbonyl (C=O) groups is 3. The molecule has 8 nitrogen and oxygen atoms in total. The number of aryl methyl sites for hydroxylation is 2. The van der Waals surface area contributed by atoms with Crippen LogP contribution in [0.25, 0.3) is 11.1 Å².